The Balaban J connectivity index is 2.88. The molecule has 17 heavy (non-hydrogen) atoms. The molecule has 0 bridgehead atoms. The Bertz CT molecular complexity index is 415. The number of aryl methyl sites for hydroxylation is 1. The van der Waals surface area contributed by atoms with Gasteiger partial charge >= 0.3 is 6.03 Å². The van der Waals surface area contributed by atoms with E-state index < -0.39 is 6.03 Å². The second kappa shape index (κ2) is 6.62. The fourth-order valence-corrected chi connectivity index (χ4v) is 1.40. The van der Waals surface area contributed by atoms with Crippen LogP contribution < -0.4 is 11.2 Å². The van der Waals surface area contributed by atoms with Crippen LogP contribution in [0.1, 0.15) is 37.4 Å². The Hall–Kier alpha value is -1.91. The molecule has 1 rings (SSSR count). The normalized spacial score (nSPS) is 11.3. The highest BCUT2D eigenvalue weighted by Gasteiger charge is 2.05. The van der Waals surface area contributed by atoms with Gasteiger partial charge in [-0.1, -0.05) is 13.3 Å². The minimum Gasteiger partial charge on any atom is -0.350 e. The van der Waals surface area contributed by atoms with Gasteiger partial charge in [0.05, 0.1) is 11.4 Å². The van der Waals surface area contributed by atoms with Gasteiger partial charge in [-0.3, -0.25) is 4.98 Å². The van der Waals surface area contributed by atoms with Crippen LogP contribution in [0.3, 0.4) is 0 Å². The molecule has 1 aromatic rings. The number of hydrogen-bond acceptors (Lipinski definition) is 3. The van der Waals surface area contributed by atoms with E-state index in [9.17, 15) is 4.79 Å². The van der Waals surface area contributed by atoms with Crippen molar-refractivity contribution in [2.24, 2.45) is 10.8 Å². The van der Waals surface area contributed by atoms with Gasteiger partial charge in [0.1, 0.15) is 0 Å². The van der Waals surface area contributed by atoms with E-state index in [0.717, 1.165) is 36.2 Å². The van der Waals surface area contributed by atoms with Crippen LogP contribution in [-0.4, -0.2) is 16.7 Å². The van der Waals surface area contributed by atoms with Gasteiger partial charge in [-0.25, -0.2) is 10.2 Å². The molecule has 1 aromatic heterocycles. The molecule has 0 fully saturated rings. The molecule has 0 unspecified atom stereocenters. The fraction of sp³-hybridized carbons (Fsp3) is 0.417. The minimum absolute atomic E-state index is 0.661. The summed E-state index contributed by atoms with van der Waals surface area (Å²) in [6, 6.07) is 3.20. The van der Waals surface area contributed by atoms with Gasteiger partial charge in [0, 0.05) is 6.20 Å². The van der Waals surface area contributed by atoms with Crippen molar-refractivity contribution in [3.8, 4) is 0 Å². The number of hydrazone groups is 1. The number of aromatic nitrogens is 1. The van der Waals surface area contributed by atoms with Crippen molar-refractivity contribution in [1.29, 1.82) is 0 Å². The number of hydrogen-bond donors (Lipinski definition) is 2. The van der Waals surface area contributed by atoms with E-state index >= 15 is 0 Å². The molecule has 92 valence electrons. The molecule has 0 radical (unpaired) electrons. The maximum absolute atomic E-state index is 10.7. The van der Waals surface area contributed by atoms with Gasteiger partial charge in [0.15, 0.2) is 0 Å². The first-order valence-electron chi connectivity index (χ1n) is 5.68. The number of rotatable bonds is 5. The lowest BCUT2D eigenvalue weighted by Crippen LogP contribution is -2.26. The summed E-state index contributed by atoms with van der Waals surface area (Å²) in [7, 11) is 0. The number of unbranched alkanes of at least 4 members (excludes halogenated alkanes) is 1. The van der Waals surface area contributed by atoms with Gasteiger partial charge in [-0.2, -0.15) is 5.10 Å². The Morgan fingerprint density at radius 2 is 2.35 bits per heavy atom. The fourth-order valence-electron chi connectivity index (χ4n) is 1.40. The molecule has 0 atom stereocenters. The average Bonchev–Trinajstić information content (AvgIpc) is 2.29. The van der Waals surface area contributed by atoms with Gasteiger partial charge in [0.25, 0.3) is 0 Å². The molecule has 0 saturated carbocycles. The number of nitrogens with two attached hydrogens (primary N) is 1. The van der Waals surface area contributed by atoms with Gasteiger partial charge in [0.2, 0.25) is 0 Å². The maximum Gasteiger partial charge on any atom is 0.332 e. The molecule has 0 saturated heterocycles. The number of nitrogens with zero attached hydrogens (tertiary/aromatic N) is 2. The highest BCUT2D eigenvalue weighted by molar-refractivity contribution is 5.99. The summed E-state index contributed by atoms with van der Waals surface area (Å²) in [6.45, 7) is 4.09. The van der Waals surface area contributed by atoms with Crippen molar-refractivity contribution in [1.82, 2.24) is 10.4 Å². The van der Waals surface area contributed by atoms with Crippen LogP contribution in [0, 0.1) is 6.92 Å². The summed E-state index contributed by atoms with van der Waals surface area (Å²) in [6.07, 6.45) is 4.56. The Morgan fingerprint density at radius 3 is 2.94 bits per heavy atom. The number of urea groups is 1. The van der Waals surface area contributed by atoms with Crippen molar-refractivity contribution >= 4 is 11.7 Å². The summed E-state index contributed by atoms with van der Waals surface area (Å²) in [5.41, 5.74) is 9.91. The van der Waals surface area contributed by atoms with E-state index in [-0.39, 0.29) is 0 Å². The first-order chi connectivity index (χ1) is 8.13. The first-order valence-corrected chi connectivity index (χ1v) is 5.68. The molecule has 0 aliphatic carbocycles. The molecule has 3 N–H and O–H groups in total. The van der Waals surface area contributed by atoms with E-state index in [1.54, 1.807) is 6.20 Å². The van der Waals surface area contributed by atoms with Gasteiger partial charge in [-0.15, -0.1) is 0 Å². The van der Waals surface area contributed by atoms with Crippen LogP contribution in [0.5, 0.6) is 0 Å². The third-order valence-corrected chi connectivity index (χ3v) is 2.28. The van der Waals surface area contributed by atoms with Crippen molar-refractivity contribution in [3.05, 3.63) is 29.6 Å². The number of carbonyl (C=O) groups is 1. The zero-order chi connectivity index (χ0) is 12.7. The number of pyridine rings is 1. The molecule has 1 heterocycles. The Morgan fingerprint density at radius 1 is 1.59 bits per heavy atom. The topological polar surface area (TPSA) is 80.4 Å². The maximum atomic E-state index is 10.7. The highest BCUT2D eigenvalue weighted by Crippen LogP contribution is 2.07. The van der Waals surface area contributed by atoms with Crippen molar-refractivity contribution < 1.29 is 4.79 Å². The zero-order valence-corrected chi connectivity index (χ0v) is 10.2. The number of carbonyl (C=O) groups excluding carboxylic acids is 1. The number of nitrogens with one attached hydrogen (secondary N) is 1. The predicted molar refractivity (Wildman–Crippen MR) is 67.8 cm³/mol. The summed E-state index contributed by atoms with van der Waals surface area (Å²) >= 11 is 0. The van der Waals surface area contributed by atoms with E-state index in [2.05, 4.69) is 22.4 Å². The van der Waals surface area contributed by atoms with Crippen LogP contribution in [0.25, 0.3) is 0 Å². The molecule has 0 aromatic carbocycles. The SMILES string of the molecule is CCCC/C(=N\NC(N)=O)c1cc(C)ccn1. The first kappa shape index (κ1) is 13.2. The molecular formula is C12H18N4O. The quantitative estimate of drug-likeness (QED) is 0.603. The van der Waals surface area contributed by atoms with E-state index in [1.807, 2.05) is 19.1 Å². The lowest BCUT2D eigenvalue weighted by molar-refractivity contribution is 0.249. The molecule has 0 aliphatic heterocycles. The molecular weight excluding hydrogens is 216 g/mol. The van der Waals surface area contributed by atoms with Crippen molar-refractivity contribution in [2.75, 3.05) is 0 Å². The van der Waals surface area contributed by atoms with Gasteiger partial charge < -0.3 is 5.73 Å². The summed E-state index contributed by atoms with van der Waals surface area (Å²) in [5.74, 6) is 0. The summed E-state index contributed by atoms with van der Waals surface area (Å²) in [5, 5.41) is 4.00. The predicted octanol–water partition coefficient (Wildman–Crippen LogP) is 1.95. The molecule has 5 nitrogen and oxygen atoms in total. The van der Waals surface area contributed by atoms with Crippen LogP contribution in [0.4, 0.5) is 4.79 Å². The lowest BCUT2D eigenvalue weighted by Gasteiger charge is -2.06. The van der Waals surface area contributed by atoms with E-state index in [4.69, 9.17) is 5.73 Å². The van der Waals surface area contributed by atoms with Crippen molar-refractivity contribution in [3.63, 3.8) is 0 Å². The lowest BCUT2D eigenvalue weighted by atomic mass is 10.1. The van der Waals surface area contributed by atoms with Crippen LogP contribution in [0.15, 0.2) is 23.4 Å². The summed E-state index contributed by atoms with van der Waals surface area (Å²) in [4.78, 5) is 14.9. The second-order valence-electron chi connectivity index (χ2n) is 3.86. The third-order valence-electron chi connectivity index (χ3n) is 2.28. The molecule has 2 amide bonds. The zero-order valence-electron chi connectivity index (χ0n) is 10.2. The van der Waals surface area contributed by atoms with Gasteiger partial charge in [-0.05, 0) is 37.5 Å². The minimum atomic E-state index is -0.661. The van der Waals surface area contributed by atoms with E-state index in [0.29, 0.717) is 0 Å². The van der Waals surface area contributed by atoms with Crippen LogP contribution in [0.2, 0.25) is 0 Å². The van der Waals surface area contributed by atoms with Crippen LogP contribution in [-0.2, 0) is 0 Å². The summed E-state index contributed by atoms with van der Waals surface area (Å²) < 4.78 is 0. The second-order valence-corrected chi connectivity index (χ2v) is 3.86. The van der Waals surface area contributed by atoms with Crippen LogP contribution >= 0.6 is 0 Å². The molecule has 5 heteroatoms. The van der Waals surface area contributed by atoms with E-state index in [1.165, 1.54) is 0 Å². The number of amides is 2. The largest absolute Gasteiger partial charge is 0.350 e. The molecule has 0 aliphatic rings. The standard InChI is InChI=1S/C12H18N4O/c1-3-4-5-10(15-16-12(13)17)11-8-9(2)6-7-14-11/h6-8H,3-5H2,1-2H3,(H3,13,16,17)/b15-10+. The smallest absolute Gasteiger partial charge is 0.332 e. The van der Waals surface area contributed by atoms with Crippen molar-refractivity contribution in [2.45, 2.75) is 33.1 Å². The monoisotopic (exact) mass is 234 g/mol. The number of primary amides is 1. The Labute approximate surface area is 101 Å². The Kier molecular flexibility index (Phi) is 5.13. The average molecular weight is 234 g/mol. The third kappa shape index (κ3) is 4.63. The highest BCUT2D eigenvalue weighted by atomic mass is 16.2. The molecule has 0 spiro atoms.